The van der Waals surface area contributed by atoms with Gasteiger partial charge in [-0.05, 0) is 74.2 Å². The second kappa shape index (κ2) is 9.15. The van der Waals surface area contributed by atoms with Crippen LogP contribution in [0.15, 0.2) is 123 Å². The van der Waals surface area contributed by atoms with Gasteiger partial charge in [-0.1, -0.05) is 77.9 Å². The molecule has 0 unspecified atom stereocenters. The van der Waals surface area contributed by atoms with Crippen LogP contribution in [0.25, 0.3) is 0 Å². The lowest BCUT2D eigenvalue weighted by Gasteiger charge is -2.09. The van der Waals surface area contributed by atoms with Crippen LogP contribution in [0, 0.1) is 13.8 Å². The summed E-state index contributed by atoms with van der Waals surface area (Å²) in [7, 11) is -0.0858. The molecule has 0 saturated carbocycles. The van der Waals surface area contributed by atoms with Gasteiger partial charge in [0.25, 0.3) is 0 Å². The van der Waals surface area contributed by atoms with Crippen LogP contribution in [0.5, 0.6) is 0 Å². The quantitative estimate of drug-likeness (QED) is 0.396. The van der Waals surface area contributed by atoms with Gasteiger partial charge < -0.3 is 0 Å². The van der Waals surface area contributed by atoms with Crippen LogP contribution in [0.3, 0.4) is 0 Å². The Labute approximate surface area is 177 Å². The maximum absolute atomic E-state index is 2.40. The Morgan fingerprint density at radius 1 is 0.655 bits per heavy atom. The van der Waals surface area contributed by atoms with Crippen molar-refractivity contribution in [1.29, 1.82) is 0 Å². The average molecular weight is 396 g/mol. The van der Waals surface area contributed by atoms with E-state index in [-0.39, 0.29) is 10.9 Å². The molecule has 0 amide bonds. The SMILES string of the molecule is Cc1ccc([S+](C2=CCC=C(Cc3ccccc3)C=C2)c2ccc(C)cc2)cc1. The summed E-state index contributed by atoms with van der Waals surface area (Å²) in [5.41, 5.74) is 5.36. The highest BCUT2D eigenvalue weighted by Gasteiger charge is 2.29. The van der Waals surface area contributed by atoms with E-state index in [1.807, 2.05) is 0 Å². The molecule has 0 saturated heterocycles. The molecule has 0 heterocycles. The highest BCUT2D eigenvalue weighted by Crippen LogP contribution is 2.33. The molecule has 0 aromatic heterocycles. The second-order valence-corrected chi connectivity index (χ2v) is 9.58. The molecule has 1 heteroatoms. The summed E-state index contributed by atoms with van der Waals surface area (Å²) in [6.07, 6.45) is 11.4. The number of rotatable bonds is 5. The Hall–Kier alpha value is -2.77. The average Bonchev–Trinajstić information content (AvgIpc) is 2.97. The van der Waals surface area contributed by atoms with Crippen molar-refractivity contribution in [3.05, 3.63) is 130 Å². The number of allylic oxidation sites excluding steroid dienone is 5. The lowest BCUT2D eigenvalue weighted by molar-refractivity contribution is 1.17. The van der Waals surface area contributed by atoms with Crippen LogP contribution in [0.1, 0.15) is 23.1 Å². The van der Waals surface area contributed by atoms with Crippen molar-refractivity contribution in [2.45, 2.75) is 36.5 Å². The Morgan fingerprint density at radius 2 is 1.24 bits per heavy atom. The van der Waals surface area contributed by atoms with E-state index in [9.17, 15) is 0 Å². The Kier molecular flexibility index (Phi) is 6.17. The van der Waals surface area contributed by atoms with Gasteiger partial charge >= 0.3 is 0 Å². The zero-order valence-corrected chi connectivity index (χ0v) is 18.0. The molecule has 1 aliphatic rings. The van der Waals surface area contributed by atoms with Gasteiger partial charge in [0, 0.05) is 0 Å². The third-order valence-corrected chi connectivity index (χ3v) is 7.42. The molecule has 0 fully saturated rings. The fourth-order valence-corrected chi connectivity index (χ4v) is 5.62. The lowest BCUT2D eigenvalue weighted by Crippen LogP contribution is -2.06. The van der Waals surface area contributed by atoms with Crippen LogP contribution in [0.4, 0.5) is 0 Å². The van der Waals surface area contributed by atoms with Gasteiger partial charge in [-0.3, -0.25) is 0 Å². The Bertz CT molecular complexity index is 990. The molecular weight excluding hydrogens is 368 g/mol. The van der Waals surface area contributed by atoms with Crippen molar-refractivity contribution in [2.24, 2.45) is 0 Å². The lowest BCUT2D eigenvalue weighted by atomic mass is 10.0. The summed E-state index contributed by atoms with van der Waals surface area (Å²) in [5.74, 6) is 0. The topological polar surface area (TPSA) is 0 Å². The zero-order chi connectivity index (χ0) is 20.1. The van der Waals surface area contributed by atoms with Crippen molar-refractivity contribution < 1.29 is 0 Å². The largest absolute Gasteiger partial charge is 0.166 e. The van der Waals surface area contributed by atoms with Crippen LogP contribution < -0.4 is 0 Å². The maximum Gasteiger partial charge on any atom is 0.166 e. The summed E-state index contributed by atoms with van der Waals surface area (Å²) in [4.78, 5) is 4.15. The van der Waals surface area contributed by atoms with Crippen LogP contribution in [-0.2, 0) is 17.3 Å². The summed E-state index contributed by atoms with van der Waals surface area (Å²) in [6, 6.07) is 28.8. The first kappa shape index (κ1) is 19.5. The van der Waals surface area contributed by atoms with Gasteiger partial charge in [0.1, 0.15) is 0 Å². The molecule has 4 rings (SSSR count). The van der Waals surface area contributed by atoms with Gasteiger partial charge in [0.2, 0.25) is 0 Å². The molecule has 1 aliphatic carbocycles. The fraction of sp³-hybridized carbons (Fsp3) is 0.143. The summed E-state index contributed by atoms with van der Waals surface area (Å²) < 4.78 is 0. The van der Waals surface area contributed by atoms with Crippen molar-refractivity contribution in [2.75, 3.05) is 0 Å². The van der Waals surface area contributed by atoms with E-state index in [2.05, 4.69) is 117 Å². The smallest absolute Gasteiger partial charge is 0.0770 e. The standard InChI is InChI=1S/C28H27S/c1-22-11-16-27(17-12-22)29(28-18-13-23(2)14-19-28)26-10-6-9-25(15-20-26)21-24-7-4-3-5-8-24/h3-5,7-20H,6,21H2,1-2H3/q+1. The first-order valence-electron chi connectivity index (χ1n) is 10.2. The highest BCUT2D eigenvalue weighted by atomic mass is 32.2. The van der Waals surface area contributed by atoms with Gasteiger partial charge in [0.15, 0.2) is 14.7 Å². The zero-order valence-electron chi connectivity index (χ0n) is 17.1. The molecule has 0 N–H and O–H groups in total. The van der Waals surface area contributed by atoms with Crippen LogP contribution in [-0.4, -0.2) is 0 Å². The molecule has 0 bridgehead atoms. The Balaban J connectivity index is 1.64. The monoisotopic (exact) mass is 395 g/mol. The van der Waals surface area contributed by atoms with Gasteiger partial charge in [-0.15, -0.1) is 0 Å². The third-order valence-electron chi connectivity index (χ3n) is 5.16. The van der Waals surface area contributed by atoms with Crippen molar-refractivity contribution >= 4 is 10.9 Å². The number of hydrogen-bond acceptors (Lipinski definition) is 0. The first-order chi connectivity index (χ1) is 14.2. The van der Waals surface area contributed by atoms with E-state index in [1.54, 1.807) is 0 Å². The molecule has 0 aliphatic heterocycles. The van der Waals surface area contributed by atoms with Crippen molar-refractivity contribution in [3.8, 4) is 0 Å². The fourth-order valence-electron chi connectivity index (χ4n) is 3.52. The normalized spacial score (nSPS) is 13.8. The molecule has 0 radical (unpaired) electrons. The maximum atomic E-state index is 2.40. The van der Waals surface area contributed by atoms with E-state index in [0.717, 1.165) is 12.8 Å². The summed E-state index contributed by atoms with van der Waals surface area (Å²) in [6.45, 7) is 4.30. The second-order valence-electron chi connectivity index (χ2n) is 7.55. The van der Waals surface area contributed by atoms with Crippen molar-refractivity contribution in [3.63, 3.8) is 0 Å². The summed E-state index contributed by atoms with van der Waals surface area (Å²) in [5, 5.41) is 0. The van der Waals surface area contributed by atoms with Crippen LogP contribution in [0.2, 0.25) is 0 Å². The molecule has 3 aromatic carbocycles. The minimum absolute atomic E-state index is 0.0858. The number of benzene rings is 3. The van der Waals surface area contributed by atoms with Gasteiger partial charge in [0.05, 0.1) is 10.9 Å². The number of aryl methyl sites for hydroxylation is 2. The van der Waals surface area contributed by atoms with Crippen molar-refractivity contribution in [1.82, 2.24) is 0 Å². The highest BCUT2D eigenvalue weighted by molar-refractivity contribution is 8.00. The molecule has 144 valence electrons. The van der Waals surface area contributed by atoms with E-state index in [4.69, 9.17) is 0 Å². The minimum Gasteiger partial charge on any atom is -0.0770 e. The molecule has 0 nitrogen and oxygen atoms in total. The van der Waals surface area contributed by atoms with E-state index in [1.165, 1.54) is 37.0 Å². The minimum atomic E-state index is -0.0858. The van der Waals surface area contributed by atoms with E-state index >= 15 is 0 Å². The van der Waals surface area contributed by atoms with Gasteiger partial charge in [-0.2, -0.15) is 0 Å². The van der Waals surface area contributed by atoms with Gasteiger partial charge in [-0.25, -0.2) is 0 Å². The third kappa shape index (κ3) is 4.99. The predicted molar refractivity (Wildman–Crippen MR) is 126 cm³/mol. The summed E-state index contributed by atoms with van der Waals surface area (Å²) >= 11 is 0. The molecule has 3 aromatic rings. The molecule has 0 spiro atoms. The van der Waals surface area contributed by atoms with Crippen LogP contribution >= 0.6 is 0 Å². The first-order valence-corrected chi connectivity index (χ1v) is 11.4. The molecule has 0 atom stereocenters. The number of hydrogen-bond donors (Lipinski definition) is 0. The molecule has 29 heavy (non-hydrogen) atoms. The predicted octanol–water partition coefficient (Wildman–Crippen LogP) is 7.35. The Morgan fingerprint density at radius 3 is 1.83 bits per heavy atom. The van der Waals surface area contributed by atoms with E-state index < -0.39 is 0 Å². The molecular formula is C28H27S+. The van der Waals surface area contributed by atoms with E-state index in [0.29, 0.717) is 0 Å².